The SMILES string of the molecule is CC(=O)C(OC(=O)C(C)(C)C)c1ccccc1. The number of ketones is 1. The van der Waals surface area contributed by atoms with Crippen LogP contribution in [0.3, 0.4) is 0 Å². The van der Waals surface area contributed by atoms with Crippen LogP contribution in [0.2, 0.25) is 0 Å². The number of benzene rings is 1. The van der Waals surface area contributed by atoms with E-state index in [0.717, 1.165) is 0 Å². The van der Waals surface area contributed by atoms with Crippen molar-refractivity contribution >= 4 is 11.8 Å². The summed E-state index contributed by atoms with van der Waals surface area (Å²) in [5.41, 5.74) is 0.0975. The first-order valence-electron chi connectivity index (χ1n) is 5.59. The molecule has 17 heavy (non-hydrogen) atoms. The zero-order valence-electron chi connectivity index (χ0n) is 10.7. The van der Waals surface area contributed by atoms with Crippen molar-refractivity contribution in [3.63, 3.8) is 0 Å². The van der Waals surface area contributed by atoms with E-state index in [1.54, 1.807) is 32.9 Å². The van der Waals surface area contributed by atoms with Crippen LogP contribution in [0.1, 0.15) is 39.4 Å². The fourth-order valence-corrected chi connectivity index (χ4v) is 1.30. The van der Waals surface area contributed by atoms with Crippen LogP contribution in [-0.2, 0) is 14.3 Å². The lowest BCUT2D eigenvalue weighted by Gasteiger charge is -2.21. The van der Waals surface area contributed by atoms with Crippen LogP contribution < -0.4 is 0 Å². The number of rotatable bonds is 3. The first-order valence-corrected chi connectivity index (χ1v) is 5.59. The molecule has 1 atom stereocenters. The highest BCUT2D eigenvalue weighted by molar-refractivity contribution is 5.85. The van der Waals surface area contributed by atoms with Crippen molar-refractivity contribution in [1.29, 1.82) is 0 Å². The first kappa shape index (κ1) is 13.4. The van der Waals surface area contributed by atoms with Gasteiger partial charge in [-0.1, -0.05) is 30.3 Å². The second kappa shape index (κ2) is 5.13. The van der Waals surface area contributed by atoms with Crippen molar-refractivity contribution in [3.05, 3.63) is 35.9 Å². The van der Waals surface area contributed by atoms with Crippen molar-refractivity contribution < 1.29 is 14.3 Å². The molecule has 1 aromatic carbocycles. The Morgan fingerprint density at radius 1 is 1.12 bits per heavy atom. The maximum absolute atomic E-state index is 11.8. The highest BCUT2D eigenvalue weighted by Gasteiger charge is 2.29. The summed E-state index contributed by atoms with van der Waals surface area (Å²) in [4.78, 5) is 23.3. The number of hydrogen-bond donors (Lipinski definition) is 0. The molecule has 3 nitrogen and oxygen atoms in total. The smallest absolute Gasteiger partial charge is 0.312 e. The van der Waals surface area contributed by atoms with Crippen LogP contribution in [0.15, 0.2) is 30.3 Å². The minimum absolute atomic E-state index is 0.172. The van der Waals surface area contributed by atoms with Crippen LogP contribution in [-0.4, -0.2) is 11.8 Å². The lowest BCUT2D eigenvalue weighted by molar-refractivity contribution is -0.163. The zero-order valence-corrected chi connectivity index (χ0v) is 10.7. The summed E-state index contributed by atoms with van der Waals surface area (Å²) < 4.78 is 5.27. The maximum Gasteiger partial charge on any atom is 0.312 e. The predicted molar refractivity (Wildman–Crippen MR) is 65.4 cm³/mol. The van der Waals surface area contributed by atoms with Gasteiger partial charge in [-0.05, 0) is 33.3 Å². The summed E-state index contributed by atoms with van der Waals surface area (Å²) in [6, 6.07) is 9.04. The van der Waals surface area contributed by atoms with Gasteiger partial charge < -0.3 is 4.74 Å². The van der Waals surface area contributed by atoms with E-state index in [1.165, 1.54) is 6.92 Å². The Morgan fingerprint density at radius 3 is 2.06 bits per heavy atom. The Balaban J connectivity index is 2.90. The lowest BCUT2D eigenvalue weighted by Crippen LogP contribution is -2.27. The molecule has 1 rings (SSSR count). The molecular formula is C14H18O3. The molecule has 0 saturated carbocycles. The Labute approximate surface area is 102 Å². The molecule has 0 saturated heterocycles. The van der Waals surface area contributed by atoms with Crippen LogP contribution in [0, 0.1) is 5.41 Å². The summed E-state index contributed by atoms with van der Waals surface area (Å²) in [7, 11) is 0. The molecule has 0 aliphatic carbocycles. The van der Waals surface area contributed by atoms with Crippen LogP contribution in [0.5, 0.6) is 0 Å². The standard InChI is InChI=1S/C14H18O3/c1-10(15)12(11-8-6-5-7-9-11)17-13(16)14(2,3)4/h5-9,12H,1-4H3. The largest absolute Gasteiger partial charge is 0.449 e. The summed E-state index contributed by atoms with van der Waals surface area (Å²) in [6.45, 7) is 6.71. The van der Waals surface area contributed by atoms with Gasteiger partial charge in [0.1, 0.15) is 0 Å². The molecule has 1 unspecified atom stereocenters. The lowest BCUT2D eigenvalue weighted by atomic mass is 9.97. The van der Waals surface area contributed by atoms with Gasteiger partial charge >= 0.3 is 5.97 Å². The molecule has 92 valence electrons. The molecule has 1 aromatic rings. The fourth-order valence-electron chi connectivity index (χ4n) is 1.30. The summed E-state index contributed by atoms with van der Waals surface area (Å²) in [5.74, 6) is -0.546. The van der Waals surface area contributed by atoms with Crippen molar-refractivity contribution in [2.75, 3.05) is 0 Å². The number of Topliss-reactive ketones (excluding diaryl/α,β-unsaturated/α-hetero) is 1. The topological polar surface area (TPSA) is 43.4 Å². The fraction of sp³-hybridized carbons (Fsp3) is 0.429. The maximum atomic E-state index is 11.8. The van der Waals surface area contributed by atoms with Gasteiger partial charge in [0.15, 0.2) is 11.9 Å². The van der Waals surface area contributed by atoms with E-state index in [-0.39, 0.29) is 11.8 Å². The van der Waals surface area contributed by atoms with Crippen molar-refractivity contribution in [2.24, 2.45) is 5.41 Å². The zero-order chi connectivity index (χ0) is 13.1. The van der Waals surface area contributed by atoms with E-state index in [2.05, 4.69) is 0 Å². The highest BCUT2D eigenvalue weighted by Crippen LogP contribution is 2.24. The van der Waals surface area contributed by atoms with Gasteiger partial charge in [0, 0.05) is 0 Å². The highest BCUT2D eigenvalue weighted by atomic mass is 16.5. The van der Waals surface area contributed by atoms with Crippen LogP contribution in [0.4, 0.5) is 0 Å². The molecular weight excluding hydrogens is 216 g/mol. The molecule has 0 aliphatic heterocycles. The van der Waals surface area contributed by atoms with E-state index in [9.17, 15) is 9.59 Å². The van der Waals surface area contributed by atoms with Crippen molar-refractivity contribution in [1.82, 2.24) is 0 Å². The molecule has 0 heterocycles. The number of esters is 1. The van der Waals surface area contributed by atoms with E-state index in [1.807, 2.05) is 18.2 Å². The number of ether oxygens (including phenoxy) is 1. The van der Waals surface area contributed by atoms with Crippen molar-refractivity contribution in [3.8, 4) is 0 Å². The van der Waals surface area contributed by atoms with E-state index in [0.29, 0.717) is 5.56 Å². The average molecular weight is 234 g/mol. The molecule has 0 radical (unpaired) electrons. The van der Waals surface area contributed by atoms with Gasteiger partial charge in [0.05, 0.1) is 5.41 Å². The normalized spacial score (nSPS) is 12.9. The van der Waals surface area contributed by atoms with Crippen LogP contribution in [0.25, 0.3) is 0 Å². The second-order valence-corrected chi connectivity index (χ2v) is 5.06. The minimum atomic E-state index is -0.803. The molecule has 3 heteroatoms. The van der Waals surface area contributed by atoms with Gasteiger partial charge in [-0.25, -0.2) is 0 Å². The van der Waals surface area contributed by atoms with Gasteiger partial charge in [0.25, 0.3) is 0 Å². The third-order valence-corrected chi connectivity index (χ3v) is 2.31. The quantitative estimate of drug-likeness (QED) is 0.755. The Hall–Kier alpha value is -1.64. The molecule has 0 bridgehead atoms. The number of carbonyl (C=O) groups excluding carboxylic acids is 2. The average Bonchev–Trinajstić information content (AvgIpc) is 2.25. The van der Waals surface area contributed by atoms with Crippen LogP contribution >= 0.6 is 0 Å². The van der Waals surface area contributed by atoms with Crippen molar-refractivity contribution in [2.45, 2.75) is 33.8 Å². The Kier molecular flexibility index (Phi) is 4.05. The number of carbonyl (C=O) groups is 2. The van der Waals surface area contributed by atoms with E-state index < -0.39 is 11.5 Å². The summed E-state index contributed by atoms with van der Waals surface area (Å²) in [5, 5.41) is 0. The first-order chi connectivity index (χ1) is 7.82. The van der Waals surface area contributed by atoms with Gasteiger partial charge in [-0.15, -0.1) is 0 Å². The van der Waals surface area contributed by atoms with E-state index in [4.69, 9.17) is 4.74 Å². The molecule has 0 aromatic heterocycles. The number of hydrogen-bond acceptors (Lipinski definition) is 3. The summed E-state index contributed by atoms with van der Waals surface area (Å²) >= 11 is 0. The molecule has 0 fully saturated rings. The third-order valence-electron chi connectivity index (χ3n) is 2.31. The Bertz CT molecular complexity index is 401. The van der Waals surface area contributed by atoms with Gasteiger partial charge in [-0.2, -0.15) is 0 Å². The molecule has 0 N–H and O–H groups in total. The second-order valence-electron chi connectivity index (χ2n) is 5.06. The van der Waals surface area contributed by atoms with Gasteiger partial charge in [-0.3, -0.25) is 9.59 Å². The minimum Gasteiger partial charge on any atom is -0.449 e. The molecule has 0 amide bonds. The third kappa shape index (κ3) is 3.70. The molecule has 0 spiro atoms. The Morgan fingerprint density at radius 2 is 1.65 bits per heavy atom. The molecule has 0 aliphatic rings. The monoisotopic (exact) mass is 234 g/mol. The van der Waals surface area contributed by atoms with Gasteiger partial charge in [0.2, 0.25) is 0 Å². The predicted octanol–water partition coefficient (Wildman–Crippen LogP) is 2.91. The summed E-state index contributed by atoms with van der Waals surface area (Å²) in [6.07, 6.45) is -0.803. The van der Waals surface area contributed by atoms with E-state index >= 15 is 0 Å².